The van der Waals surface area contributed by atoms with Crippen molar-refractivity contribution in [2.24, 2.45) is 10.9 Å². The Morgan fingerprint density at radius 2 is 1.83 bits per heavy atom. The zero-order valence-electron chi connectivity index (χ0n) is 10.00. The van der Waals surface area contributed by atoms with Crippen molar-refractivity contribution < 1.29 is 5.21 Å². The van der Waals surface area contributed by atoms with Crippen molar-refractivity contribution in [2.75, 3.05) is 0 Å². The van der Waals surface area contributed by atoms with Crippen molar-refractivity contribution in [3.8, 4) is 0 Å². The van der Waals surface area contributed by atoms with E-state index in [0.717, 1.165) is 20.9 Å². The normalized spacial score (nSPS) is 11.5. The van der Waals surface area contributed by atoms with Crippen LogP contribution in [0.2, 0.25) is 0 Å². The molecule has 92 valence electrons. The molecular formula is C14H14N2OS. The van der Waals surface area contributed by atoms with Crippen LogP contribution in [0.3, 0.4) is 0 Å². The van der Waals surface area contributed by atoms with Crippen LogP contribution >= 0.6 is 11.8 Å². The summed E-state index contributed by atoms with van der Waals surface area (Å²) in [5.41, 5.74) is 7.56. The van der Waals surface area contributed by atoms with Gasteiger partial charge in [0.05, 0.1) is 0 Å². The quantitative estimate of drug-likeness (QED) is 0.384. The van der Waals surface area contributed by atoms with E-state index in [1.807, 2.05) is 55.5 Å². The molecule has 2 aromatic carbocycles. The molecular weight excluding hydrogens is 244 g/mol. The van der Waals surface area contributed by atoms with Gasteiger partial charge in [0.15, 0.2) is 5.84 Å². The van der Waals surface area contributed by atoms with Gasteiger partial charge in [-0.05, 0) is 30.7 Å². The lowest BCUT2D eigenvalue weighted by molar-refractivity contribution is 0.318. The third kappa shape index (κ3) is 2.65. The Hall–Kier alpha value is -1.94. The molecule has 0 bridgehead atoms. The lowest BCUT2D eigenvalue weighted by Crippen LogP contribution is -2.14. The first kappa shape index (κ1) is 12.5. The molecule has 0 fully saturated rings. The Balaban J connectivity index is 2.44. The number of rotatable bonds is 3. The number of oxime groups is 1. The van der Waals surface area contributed by atoms with Gasteiger partial charge in [-0.25, -0.2) is 0 Å². The Kier molecular flexibility index (Phi) is 3.89. The Labute approximate surface area is 110 Å². The fourth-order valence-corrected chi connectivity index (χ4v) is 2.69. The molecule has 3 N–H and O–H groups in total. The second-order valence-electron chi connectivity index (χ2n) is 3.85. The molecule has 0 amide bonds. The van der Waals surface area contributed by atoms with Crippen LogP contribution in [0, 0.1) is 6.92 Å². The minimum Gasteiger partial charge on any atom is -0.409 e. The summed E-state index contributed by atoms with van der Waals surface area (Å²) in [5.74, 6) is 0.136. The van der Waals surface area contributed by atoms with Gasteiger partial charge < -0.3 is 10.9 Å². The van der Waals surface area contributed by atoms with E-state index in [0.29, 0.717) is 0 Å². The lowest BCUT2D eigenvalue weighted by Gasteiger charge is -2.10. The average Bonchev–Trinajstić information content (AvgIpc) is 2.41. The number of aryl methyl sites for hydroxylation is 1. The molecule has 3 nitrogen and oxygen atoms in total. The van der Waals surface area contributed by atoms with Crippen molar-refractivity contribution in [3.63, 3.8) is 0 Å². The highest BCUT2D eigenvalue weighted by atomic mass is 32.2. The second kappa shape index (κ2) is 5.60. The Morgan fingerprint density at radius 3 is 2.50 bits per heavy atom. The molecule has 0 atom stereocenters. The highest BCUT2D eigenvalue weighted by molar-refractivity contribution is 7.99. The maximum absolute atomic E-state index is 8.82. The van der Waals surface area contributed by atoms with E-state index in [1.165, 1.54) is 0 Å². The molecule has 0 saturated heterocycles. The van der Waals surface area contributed by atoms with E-state index in [9.17, 15) is 0 Å². The van der Waals surface area contributed by atoms with E-state index in [-0.39, 0.29) is 5.84 Å². The summed E-state index contributed by atoms with van der Waals surface area (Å²) in [6.45, 7) is 2.01. The van der Waals surface area contributed by atoms with Crippen LogP contribution in [-0.2, 0) is 0 Å². The molecule has 0 spiro atoms. The van der Waals surface area contributed by atoms with Crippen molar-refractivity contribution in [1.29, 1.82) is 0 Å². The van der Waals surface area contributed by atoms with E-state index >= 15 is 0 Å². The minimum absolute atomic E-state index is 0.136. The second-order valence-corrected chi connectivity index (χ2v) is 4.94. The average molecular weight is 258 g/mol. The molecule has 4 heteroatoms. The minimum atomic E-state index is 0.136. The summed E-state index contributed by atoms with van der Waals surface area (Å²) in [4.78, 5) is 2.14. The zero-order valence-corrected chi connectivity index (χ0v) is 10.8. The third-order valence-electron chi connectivity index (χ3n) is 2.56. The number of hydrogen-bond donors (Lipinski definition) is 2. The van der Waals surface area contributed by atoms with Crippen LogP contribution in [0.5, 0.6) is 0 Å². The smallest absolute Gasteiger partial charge is 0.171 e. The molecule has 0 heterocycles. The Morgan fingerprint density at radius 1 is 1.11 bits per heavy atom. The van der Waals surface area contributed by atoms with Crippen molar-refractivity contribution in [3.05, 3.63) is 59.7 Å². The summed E-state index contributed by atoms with van der Waals surface area (Å²) < 4.78 is 0. The molecule has 2 aromatic rings. The molecule has 0 radical (unpaired) electrons. The van der Waals surface area contributed by atoms with Crippen LogP contribution < -0.4 is 5.73 Å². The number of hydrogen-bond acceptors (Lipinski definition) is 3. The molecule has 0 aromatic heterocycles. The van der Waals surface area contributed by atoms with Crippen molar-refractivity contribution >= 4 is 17.6 Å². The third-order valence-corrected chi connectivity index (χ3v) is 3.81. The SMILES string of the molecule is Cc1cccc(/C(N)=N/O)c1Sc1ccccc1. The van der Waals surface area contributed by atoms with Gasteiger partial charge in [-0.3, -0.25) is 0 Å². The molecule has 0 unspecified atom stereocenters. The van der Waals surface area contributed by atoms with Gasteiger partial charge in [-0.2, -0.15) is 0 Å². The predicted molar refractivity (Wildman–Crippen MR) is 74.3 cm³/mol. The highest BCUT2D eigenvalue weighted by Gasteiger charge is 2.10. The zero-order chi connectivity index (χ0) is 13.0. The maximum atomic E-state index is 8.82. The largest absolute Gasteiger partial charge is 0.409 e. The summed E-state index contributed by atoms with van der Waals surface area (Å²) >= 11 is 1.61. The monoisotopic (exact) mass is 258 g/mol. The topological polar surface area (TPSA) is 58.6 Å². The van der Waals surface area contributed by atoms with E-state index < -0.39 is 0 Å². The number of nitrogens with zero attached hydrogens (tertiary/aromatic N) is 1. The van der Waals surface area contributed by atoms with Crippen LogP contribution in [0.1, 0.15) is 11.1 Å². The van der Waals surface area contributed by atoms with E-state index in [2.05, 4.69) is 5.16 Å². The first-order valence-corrected chi connectivity index (χ1v) is 6.34. The van der Waals surface area contributed by atoms with Crippen molar-refractivity contribution in [1.82, 2.24) is 0 Å². The van der Waals surface area contributed by atoms with Crippen LogP contribution in [0.4, 0.5) is 0 Å². The number of amidine groups is 1. The van der Waals surface area contributed by atoms with Crippen LogP contribution in [0.25, 0.3) is 0 Å². The van der Waals surface area contributed by atoms with Gasteiger partial charge in [-0.1, -0.05) is 47.2 Å². The maximum Gasteiger partial charge on any atom is 0.171 e. The molecule has 0 saturated carbocycles. The fourth-order valence-electron chi connectivity index (χ4n) is 1.65. The summed E-state index contributed by atoms with van der Waals surface area (Å²) in [7, 11) is 0. The summed E-state index contributed by atoms with van der Waals surface area (Å²) in [6.07, 6.45) is 0. The van der Waals surface area contributed by atoms with Crippen molar-refractivity contribution in [2.45, 2.75) is 16.7 Å². The Bertz CT molecular complexity index is 567. The standard InChI is InChI=1S/C14H14N2OS/c1-10-6-5-9-12(14(15)16-17)13(10)18-11-7-3-2-4-8-11/h2-9,17H,1H3,(H2,15,16). The van der Waals surface area contributed by atoms with Gasteiger partial charge in [0, 0.05) is 15.4 Å². The molecule has 0 aliphatic carbocycles. The lowest BCUT2D eigenvalue weighted by atomic mass is 10.1. The van der Waals surface area contributed by atoms with E-state index in [1.54, 1.807) is 11.8 Å². The predicted octanol–water partition coefficient (Wildman–Crippen LogP) is 3.24. The van der Waals surface area contributed by atoms with Gasteiger partial charge in [0.2, 0.25) is 0 Å². The van der Waals surface area contributed by atoms with Gasteiger partial charge in [-0.15, -0.1) is 0 Å². The van der Waals surface area contributed by atoms with Gasteiger partial charge in [0.1, 0.15) is 0 Å². The fraction of sp³-hybridized carbons (Fsp3) is 0.0714. The van der Waals surface area contributed by atoms with Gasteiger partial charge in [0.25, 0.3) is 0 Å². The first-order valence-electron chi connectivity index (χ1n) is 5.53. The molecule has 2 rings (SSSR count). The number of nitrogens with two attached hydrogens (primary N) is 1. The van der Waals surface area contributed by atoms with Crippen LogP contribution in [-0.4, -0.2) is 11.0 Å². The van der Waals surface area contributed by atoms with Gasteiger partial charge >= 0.3 is 0 Å². The van der Waals surface area contributed by atoms with E-state index in [4.69, 9.17) is 10.9 Å². The molecule has 18 heavy (non-hydrogen) atoms. The molecule has 0 aliphatic rings. The highest BCUT2D eigenvalue weighted by Crippen LogP contribution is 2.32. The van der Waals surface area contributed by atoms with Crippen LogP contribution in [0.15, 0.2) is 63.5 Å². The molecule has 0 aliphatic heterocycles. The number of benzene rings is 2. The summed E-state index contributed by atoms with van der Waals surface area (Å²) in [5, 5.41) is 11.9. The first-order chi connectivity index (χ1) is 8.72. The summed E-state index contributed by atoms with van der Waals surface area (Å²) in [6, 6.07) is 15.8.